The van der Waals surface area contributed by atoms with Gasteiger partial charge in [0, 0.05) is 6.42 Å². The van der Waals surface area contributed by atoms with Crippen LogP contribution in [0.5, 0.6) is 0 Å². The Labute approximate surface area is 170 Å². The van der Waals surface area contributed by atoms with Crippen LogP contribution in [0.3, 0.4) is 0 Å². The normalized spacial score (nSPS) is 11.7. The minimum atomic E-state index is -0.000479. The smallest absolute Gasteiger partial charge is 0.305 e. The van der Waals surface area contributed by atoms with E-state index in [1.165, 1.54) is 77.0 Å². The molecular weight excluding hydrogens is 334 g/mol. The first-order valence-corrected chi connectivity index (χ1v) is 12.1. The van der Waals surface area contributed by atoms with Crippen molar-refractivity contribution in [3.05, 3.63) is 0 Å². The summed E-state index contributed by atoms with van der Waals surface area (Å²) in [7, 11) is 0. The fourth-order valence-electron chi connectivity index (χ4n) is 3.86. The zero-order valence-electron chi connectivity index (χ0n) is 19.2. The van der Waals surface area contributed by atoms with Gasteiger partial charge in [-0.3, -0.25) is 4.79 Å². The van der Waals surface area contributed by atoms with Crippen LogP contribution >= 0.6 is 0 Å². The first-order valence-electron chi connectivity index (χ1n) is 12.1. The van der Waals surface area contributed by atoms with Crippen LogP contribution in [0.2, 0.25) is 0 Å². The Balaban J connectivity index is 3.39. The quantitative estimate of drug-likeness (QED) is 0.130. The maximum atomic E-state index is 11.9. The average Bonchev–Trinajstić information content (AvgIpc) is 2.69. The second-order valence-corrected chi connectivity index (χ2v) is 8.23. The lowest BCUT2D eigenvalue weighted by Crippen LogP contribution is -2.49. The summed E-state index contributed by atoms with van der Waals surface area (Å²) in [5.74, 6) is -0.000479. The standard InChI is InChI=1S/C24H50NO2/c1-5-9-10-11-12-13-14-15-16-17-18-19-20-21-24(26)27-23-22-25(6-2,7-3)8-4/h5-23H2,1-4H3/q+1. The van der Waals surface area contributed by atoms with E-state index in [0.29, 0.717) is 13.0 Å². The molecule has 3 heteroatoms. The number of quaternary nitrogens is 1. The Bertz CT molecular complexity index is 318. The van der Waals surface area contributed by atoms with Gasteiger partial charge < -0.3 is 9.22 Å². The molecule has 0 saturated carbocycles. The van der Waals surface area contributed by atoms with Gasteiger partial charge in [-0.05, 0) is 27.2 Å². The van der Waals surface area contributed by atoms with Crippen molar-refractivity contribution >= 4 is 5.97 Å². The van der Waals surface area contributed by atoms with E-state index in [9.17, 15) is 4.79 Å². The predicted molar refractivity (Wildman–Crippen MR) is 118 cm³/mol. The lowest BCUT2D eigenvalue weighted by Gasteiger charge is -2.35. The molecule has 0 spiro atoms. The lowest BCUT2D eigenvalue weighted by molar-refractivity contribution is -0.923. The number of carbonyl (C=O) groups excluding carboxylic acids is 1. The van der Waals surface area contributed by atoms with Crippen molar-refractivity contribution in [1.29, 1.82) is 0 Å². The molecule has 0 aliphatic heterocycles. The molecule has 0 radical (unpaired) electrons. The summed E-state index contributed by atoms with van der Waals surface area (Å²) in [4.78, 5) is 11.9. The Morgan fingerprint density at radius 1 is 0.630 bits per heavy atom. The number of likely N-dealkylation sites (N-methyl/N-ethyl adjacent to an activating group) is 1. The third kappa shape index (κ3) is 15.1. The van der Waals surface area contributed by atoms with E-state index in [4.69, 9.17) is 4.74 Å². The maximum Gasteiger partial charge on any atom is 0.305 e. The van der Waals surface area contributed by atoms with Crippen LogP contribution in [-0.2, 0) is 9.53 Å². The van der Waals surface area contributed by atoms with Gasteiger partial charge in [0.05, 0.1) is 19.6 Å². The molecule has 0 aliphatic carbocycles. The van der Waals surface area contributed by atoms with E-state index >= 15 is 0 Å². The van der Waals surface area contributed by atoms with Crippen LogP contribution in [-0.4, -0.2) is 43.2 Å². The van der Waals surface area contributed by atoms with E-state index in [2.05, 4.69) is 27.7 Å². The van der Waals surface area contributed by atoms with Gasteiger partial charge in [-0.1, -0.05) is 84.0 Å². The molecule has 0 saturated heterocycles. The number of esters is 1. The summed E-state index contributed by atoms with van der Waals surface area (Å²) >= 11 is 0. The Morgan fingerprint density at radius 2 is 1.04 bits per heavy atom. The van der Waals surface area contributed by atoms with Crippen LogP contribution in [0.1, 0.15) is 118 Å². The van der Waals surface area contributed by atoms with Crippen LogP contribution < -0.4 is 0 Å². The molecule has 0 bridgehead atoms. The van der Waals surface area contributed by atoms with Gasteiger partial charge in [0.1, 0.15) is 13.2 Å². The zero-order valence-corrected chi connectivity index (χ0v) is 19.2. The molecule has 162 valence electrons. The van der Waals surface area contributed by atoms with Gasteiger partial charge in [-0.15, -0.1) is 0 Å². The Morgan fingerprint density at radius 3 is 1.44 bits per heavy atom. The first kappa shape index (κ1) is 26.4. The topological polar surface area (TPSA) is 26.3 Å². The van der Waals surface area contributed by atoms with E-state index in [1.54, 1.807) is 0 Å². The van der Waals surface area contributed by atoms with Crippen molar-refractivity contribution in [3.63, 3.8) is 0 Å². The highest BCUT2D eigenvalue weighted by atomic mass is 16.5. The van der Waals surface area contributed by atoms with Gasteiger partial charge in [0.2, 0.25) is 0 Å². The van der Waals surface area contributed by atoms with Crippen molar-refractivity contribution in [2.45, 2.75) is 118 Å². The molecular formula is C24H50NO2+. The van der Waals surface area contributed by atoms with E-state index in [0.717, 1.165) is 37.1 Å². The number of nitrogens with zero attached hydrogens (tertiary/aromatic N) is 1. The van der Waals surface area contributed by atoms with Gasteiger partial charge in [-0.2, -0.15) is 0 Å². The van der Waals surface area contributed by atoms with Gasteiger partial charge in [-0.25, -0.2) is 0 Å². The number of hydrogen-bond donors (Lipinski definition) is 0. The summed E-state index contributed by atoms with van der Waals surface area (Å²) in [5, 5.41) is 0. The molecule has 0 rings (SSSR count). The van der Waals surface area contributed by atoms with Crippen LogP contribution in [0, 0.1) is 0 Å². The summed E-state index contributed by atoms with van der Waals surface area (Å²) < 4.78 is 6.50. The summed E-state index contributed by atoms with van der Waals surface area (Å²) in [6.07, 6.45) is 18.0. The molecule has 0 amide bonds. The second kappa shape index (κ2) is 18.8. The molecule has 0 fully saturated rings. The minimum absolute atomic E-state index is 0.000479. The van der Waals surface area contributed by atoms with Crippen LogP contribution in [0.15, 0.2) is 0 Å². The van der Waals surface area contributed by atoms with Crippen molar-refractivity contribution in [3.8, 4) is 0 Å². The number of ether oxygens (including phenoxy) is 1. The fraction of sp³-hybridized carbons (Fsp3) is 0.958. The fourth-order valence-corrected chi connectivity index (χ4v) is 3.86. The Hall–Kier alpha value is -0.570. The van der Waals surface area contributed by atoms with Crippen LogP contribution in [0.25, 0.3) is 0 Å². The lowest BCUT2D eigenvalue weighted by atomic mass is 10.0. The predicted octanol–water partition coefficient (Wildman–Crippen LogP) is 6.89. The molecule has 3 nitrogen and oxygen atoms in total. The van der Waals surface area contributed by atoms with E-state index < -0.39 is 0 Å². The summed E-state index contributed by atoms with van der Waals surface area (Å²) in [6, 6.07) is 0. The summed E-state index contributed by atoms with van der Waals surface area (Å²) in [6.45, 7) is 13.8. The van der Waals surface area contributed by atoms with Gasteiger partial charge in [0.25, 0.3) is 0 Å². The minimum Gasteiger partial charge on any atom is -0.460 e. The largest absolute Gasteiger partial charge is 0.460 e. The van der Waals surface area contributed by atoms with Gasteiger partial charge in [0.15, 0.2) is 0 Å². The summed E-state index contributed by atoms with van der Waals surface area (Å²) in [5.41, 5.74) is 0. The van der Waals surface area contributed by atoms with Crippen molar-refractivity contribution < 1.29 is 14.0 Å². The highest BCUT2D eigenvalue weighted by Crippen LogP contribution is 2.13. The SMILES string of the molecule is CCCCCCCCCCCCCCCC(=O)OCC[N+](CC)(CC)CC. The third-order valence-corrected chi connectivity index (χ3v) is 6.33. The molecule has 0 aromatic rings. The van der Waals surface area contributed by atoms with Crippen LogP contribution in [0.4, 0.5) is 0 Å². The molecule has 27 heavy (non-hydrogen) atoms. The number of unbranched alkanes of at least 4 members (excludes halogenated alkanes) is 12. The zero-order chi connectivity index (χ0) is 20.2. The molecule has 0 atom stereocenters. The van der Waals surface area contributed by atoms with Crippen molar-refractivity contribution in [2.75, 3.05) is 32.8 Å². The van der Waals surface area contributed by atoms with Crippen molar-refractivity contribution in [1.82, 2.24) is 0 Å². The first-order chi connectivity index (χ1) is 13.1. The number of rotatable bonds is 20. The molecule has 0 heterocycles. The number of carbonyl (C=O) groups is 1. The average molecular weight is 385 g/mol. The van der Waals surface area contributed by atoms with Crippen molar-refractivity contribution in [2.24, 2.45) is 0 Å². The third-order valence-electron chi connectivity index (χ3n) is 6.33. The highest BCUT2D eigenvalue weighted by molar-refractivity contribution is 5.69. The Kier molecular flexibility index (Phi) is 18.4. The van der Waals surface area contributed by atoms with Gasteiger partial charge >= 0.3 is 5.97 Å². The number of hydrogen-bond acceptors (Lipinski definition) is 2. The highest BCUT2D eigenvalue weighted by Gasteiger charge is 2.20. The monoisotopic (exact) mass is 384 g/mol. The maximum absolute atomic E-state index is 11.9. The molecule has 0 unspecified atom stereocenters. The second-order valence-electron chi connectivity index (χ2n) is 8.23. The van der Waals surface area contributed by atoms with E-state index in [-0.39, 0.29) is 5.97 Å². The van der Waals surface area contributed by atoms with E-state index in [1.807, 2.05) is 0 Å². The molecule has 0 aromatic carbocycles. The molecule has 0 aliphatic rings. The molecule has 0 aromatic heterocycles. The molecule has 0 N–H and O–H groups in total.